The summed E-state index contributed by atoms with van der Waals surface area (Å²) in [5, 5.41) is 3.17. The van der Waals surface area contributed by atoms with E-state index >= 15 is 0 Å². The predicted octanol–water partition coefficient (Wildman–Crippen LogP) is 0.548. The maximum atomic E-state index is 13.8. The van der Waals surface area contributed by atoms with Gasteiger partial charge in [0.25, 0.3) is 0 Å². The van der Waals surface area contributed by atoms with Crippen molar-refractivity contribution in [1.82, 2.24) is 10.2 Å². The van der Waals surface area contributed by atoms with Crippen molar-refractivity contribution in [3.63, 3.8) is 0 Å². The zero-order valence-corrected chi connectivity index (χ0v) is 12.3. The van der Waals surface area contributed by atoms with E-state index < -0.39 is 17.3 Å². The normalized spacial score (nSPS) is 28.1. The van der Waals surface area contributed by atoms with Gasteiger partial charge in [0, 0.05) is 32.1 Å². The first-order valence-electron chi connectivity index (χ1n) is 7.62. The highest BCUT2D eigenvalue weighted by atomic mass is 19.1. The van der Waals surface area contributed by atoms with E-state index in [1.54, 1.807) is 11.0 Å². The minimum absolute atomic E-state index is 0.0233. The Hall–Kier alpha value is -1.79. The zero-order valence-electron chi connectivity index (χ0n) is 12.3. The van der Waals surface area contributed by atoms with Crippen LogP contribution in [0.3, 0.4) is 0 Å². The van der Waals surface area contributed by atoms with Crippen LogP contribution in [0.2, 0.25) is 0 Å². The van der Waals surface area contributed by atoms with Gasteiger partial charge in [-0.3, -0.25) is 9.59 Å². The standard InChI is InChI=1S/C16H20FN3O2/c17-13-4-2-1-3-11(13)14(21)12-5-6-16(12,18)15(22)20-9-7-19-8-10-20/h1-4,12,19H,5-10,18H2. The second-order valence-corrected chi connectivity index (χ2v) is 6.02. The third-order valence-electron chi connectivity index (χ3n) is 4.73. The second kappa shape index (κ2) is 5.78. The van der Waals surface area contributed by atoms with Crippen molar-refractivity contribution in [3.8, 4) is 0 Å². The zero-order chi connectivity index (χ0) is 15.7. The van der Waals surface area contributed by atoms with E-state index in [9.17, 15) is 14.0 Å². The molecule has 3 N–H and O–H groups in total. The second-order valence-electron chi connectivity index (χ2n) is 6.02. The molecule has 2 unspecified atom stereocenters. The van der Waals surface area contributed by atoms with E-state index in [0.717, 1.165) is 13.1 Å². The Morgan fingerprint density at radius 3 is 2.55 bits per heavy atom. The molecule has 0 bridgehead atoms. The molecule has 1 aromatic carbocycles. The summed E-state index contributed by atoms with van der Waals surface area (Å²) < 4.78 is 13.8. The van der Waals surface area contributed by atoms with Crippen LogP contribution in [-0.2, 0) is 4.79 Å². The number of ketones is 1. The molecule has 0 spiro atoms. The lowest BCUT2D eigenvalue weighted by Gasteiger charge is -2.47. The molecule has 1 aliphatic carbocycles. The highest BCUT2D eigenvalue weighted by Crippen LogP contribution is 2.40. The van der Waals surface area contributed by atoms with Crippen LogP contribution in [0.5, 0.6) is 0 Å². The Labute approximate surface area is 128 Å². The van der Waals surface area contributed by atoms with Crippen LogP contribution >= 0.6 is 0 Å². The molecule has 2 fully saturated rings. The highest BCUT2D eigenvalue weighted by molar-refractivity contribution is 6.04. The quantitative estimate of drug-likeness (QED) is 0.800. The number of carbonyl (C=O) groups is 2. The Kier molecular flexibility index (Phi) is 3.97. The number of hydrogen-bond acceptors (Lipinski definition) is 4. The van der Waals surface area contributed by atoms with Crippen molar-refractivity contribution in [3.05, 3.63) is 35.6 Å². The molecule has 5 nitrogen and oxygen atoms in total. The number of nitrogens with two attached hydrogens (primary N) is 1. The molecule has 22 heavy (non-hydrogen) atoms. The Morgan fingerprint density at radius 2 is 1.95 bits per heavy atom. The lowest BCUT2D eigenvalue weighted by molar-refractivity contribution is -0.143. The van der Waals surface area contributed by atoms with E-state index in [0.29, 0.717) is 25.9 Å². The Balaban J connectivity index is 1.79. The molecule has 3 rings (SSSR count). The van der Waals surface area contributed by atoms with E-state index in [1.165, 1.54) is 18.2 Å². The van der Waals surface area contributed by atoms with E-state index in [1.807, 2.05) is 0 Å². The monoisotopic (exact) mass is 305 g/mol. The molecule has 1 aromatic rings. The maximum absolute atomic E-state index is 13.8. The number of piperazine rings is 1. The van der Waals surface area contributed by atoms with E-state index in [2.05, 4.69) is 5.32 Å². The summed E-state index contributed by atoms with van der Waals surface area (Å²) >= 11 is 0. The number of nitrogens with one attached hydrogen (secondary N) is 1. The van der Waals surface area contributed by atoms with Crippen LogP contribution in [0.25, 0.3) is 0 Å². The molecule has 2 atom stereocenters. The van der Waals surface area contributed by atoms with Gasteiger partial charge in [-0.2, -0.15) is 0 Å². The van der Waals surface area contributed by atoms with Gasteiger partial charge in [-0.1, -0.05) is 12.1 Å². The number of nitrogens with zero attached hydrogens (tertiary/aromatic N) is 1. The first-order chi connectivity index (χ1) is 10.5. The van der Waals surface area contributed by atoms with Crippen LogP contribution in [0, 0.1) is 11.7 Å². The molecule has 6 heteroatoms. The highest BCUT2D eigenvalue weighted by Gasteiger charge is 2.54. The molecule has 1 aliphatic heterocycles. The van der Waals surface area contributed by atoms with E-state index in [4.69, 9.17) is 5.73 Å². The SMILES string of the molecule is NC1(C(=O)N2CCNCC2)CCC1C(=O)c1ccccc1F. The van der Waals surface area contributed by atoms with Crippen molar-refractivity contribution in [2.75, 3.05) is 26.2 Å². The number of rotatable bonds is 3. The number of benzene rings is 1. The first kappa shape index (κ1) is 15.1. The van der Waals surface area contributed by atoms with Gasteiger partial charge in [0.1, 0.15) is 11.4 Å². The van der Waals surface area contributed by atoms with Crippen LogP contribution < -0.4 is 11.1 Å². The first-order valence-corrected chi connectivity index (χ1v) is 7.62. The number of carbonyl (C=O) groups excluding carboxylic acids is 2. The minimum Gasteiger partial charge on any atom is -0.339 e. The summed E-state index contributed by atoms with van der Waals surface area (Å²) in [6.07, 6.45) is 1.00. The maximum Gasteiger partial charge on any atom is 0.243 e. The van der Waals surface area contributed by atoms with Gasteiger partial charge in [0.05, 0.1) is 5.56 Å². The van der Waals surface area contributed by atoms with Gasteiger partial charge >= 0.3 is 0 Å². The lowest BCUT2D eigenvalue weighted by Crippen LogP contribution is -2.68. The largest absolute Gasteiger partial charge is 0.339 e. The molecule has 1 saturated carbocycles. The van der Waals surface area contributed by atoms with Crippen LogP contribution in [0.1, 0.15) is 23.2 Å². The molecule has 1 saturated heterocycles. The average Bonchev–Trinajstić information content (AvgIpc) is 2.53. The molecule has 2 aliphatic rings. The molecule has 0 aromatic heterocycles. The summed E-state index contributed by atoms with van der Waals surface area (Å²) in [4.78, 5) is 26.9. The summed E-state index contributed by atoms with van der Waals surface area (Å²) in [7, 11) is 0. The third-order valence-corrected chi connectivity index (χ3v) is 4.73. The molecule has 118 valence electrons. The van der Waals surface area contributed by atoms with Gasteiger partial charge in [-0.25, -0.2) is 4.39 Å². The topological polar surface area (TPSA) is 75.4 Å². The summed E-state index contributed by atoms with van der Waals surface area (Å²) in [6.45, 7) is 2.65. The Bertz CT molecular complexity index is 601. The van der Waals surface area contributed by atoms with Crippen LogP contribution in [0.15, 0.2) is 24.3 Å². The summed E-state index contributed by atoms with van der Waals surface area (Å²) in [5.41, 5.74) is 5.09. The minimum atomic E-state index is -1.18. The van der Waals surface area contributed by atoms with Gasteiger partial charge in [-0.05, 0) is 25.0 Å². The fourth-order valence-electron chi connectivity index (χ4n) is 3.23. The van der Waals surface area contributed by atoms with E-state index in [-0.39, 0.29) is 17.3 Å². The van der Waals surface area contributed by atoms with Crippen LogP contribution in [0.4, 0.5) is 4.39 Å². The Morgan fingerprint density at radius 1 is 1.27 bits per heavy atom. The van der Waals surface area contributed by atoms with Crippen molar-refractivity contribution in [2.45, 2.75) is 18.4 Å². The third kappa shape index (κ3) is 2.42. The lowest BCUT2D eigenvalue weighted by atomic mass is 9.63. The van der Waals surface area contributed by atoms with Gasteiger partial charge in [0.2, 0.25) is 5.91 Å². The fraction of sp³-hybridized carbons (Fsp3) is 0.500. The fourth-order valence-corrected chi connectivity index (χ4v) is 3.23. The van der Waals surface area contributed by atoms with Crippen LogP contribution in [-0.4, -0.2) is 48.3 Å². The smallest absolute Gasteiger partial charge is 0.243 e. The molecular weight excluding hydrogens is 285 g/mol. The van der Waals surface area contributed by atoms with Crippen molar-refractivity contribution < 1.29 is 14.0 Å². The summed E-state index contributed by atoms with van der Waals surface area (Å²) in [5.74, 6) is -1.74. The van der Waals surface area contributed by atoms with Crippen molar-refractivity contribution >= 4 is 11.7 Å². The number of hydrogen-bond donors (Lipinski definition) is 2. The number of Topliss-reactive ketones (excluding diaryl/α,β-unsaturated/α-hetero) is 1. The molecular formula is C16H20FN3O2. The van der Waals surface area contributed by atoms with Gasteiger partial charge in [-0.15, -0.1) is 0 Å². The van der Waals surface area contributed by atoms with Gasteiger partial charge in [0.15, 0.2) is 5.78 Å². The number of amides is 1. The molecule has 1 heterocycles. The molecule has 1 amide bonds. The van der Waals surface area contributed by atoms with Gasteiger partial charge < -0.3 is 16.0 Å². The summed E-state index contributed by atoms with van der Waals surface area (Å²) in [6, 6.07) is 5.85. The molecule has 0 radical (unpaired) electrons. The number of halogens is 1. The predicted molar refractivity (Wildman–Crippen MR) is 79.8 cm³/mol. The van der Waals surface area contributed by atoms with Crippen molar-refractivity contribution in [2.24, 2.45) is 11.7 Å². The average molecular weight is 305 g/mol. The van der Waals surface area contributed by atoms with Crippen molar-refractivity contribution in [1.29, 1.82) is 0 Å².